The van der Waals surface area contributed by atoms with Crippen molar-refractivity contribution in [3.05, 3.63) is 30.1 Å². The Labute approximate surface area is 158 Å². The van der Waals surface area contributed by atoms with Crippen LogP contribution in [0.25, 0.3) is 11.4 Å². The summed E-state index contributed by atoms with van der Waals surface area (Å²) in [5.41, 5.74) is 0.991. The van der Waals surface area contributed by atoms with Crippen LogP contribution in [0, 0.1) is 5.41 Å². The molecular weight excluding hydrogens is 344 g/mol. The topological polar surface area (TPSA) is 97.1 Å². The second-order valence-corrected chi connectivity index (χ2v) is 7.94. The Bertz CT molecular complexity index is 842. The molecule has 1 aromatic carbocycles. The molecule has 2 N–H and O–H groups in total. The highest BCUT2D eigenvalue weighted by molar-refractivity contribution is 5.92. The third-order valence-electron chi connectivity index (χ3n) is 4.78. The van der Waals surface area contributed by atoms with E-state index in [0.717, 1.165) is 43.0 Å². The van der Waals surface area contributed by atoms with Gasteiger partial charge in [-0.3, -0.25) is 9.59 Å². The van der Waals surface area contributed by atoms with Crippen molar-refractivity contribution < 1.29 is 14.7 Å². The number of benzene rings is 1. The quantitative estimate of drug-likeness (QED) is 0.811. The van der Waals surface area contributed by atoms with E-state index in [-0.39, 0.29) is 18.7 Å². The van der Waals surface area contributed by atoms with Gasteiger partial charge in [-0.05, 0) is 30.4 Å². The first-order valence-electron chi connectivity index (χ1n) is 9.38. The summed E-state index contributed by atoms with van der Waals surface area (Å²) in [5.74, 6) is 0.752. The van der Waals surface area contributed by atoms with E-state index in [0.29, 0.717) is 5.69 Å². The molecule has 0 saturated heterocycles. The van der Waals surface area contributed by atoms with Gasteiger partial charge in [0.2, 0.25) is 5.91 Å². The number of carbonyl (C=O) groups is 2. The van der Waals surface area contributed by atoms with E-state index in [1.807, 2.05) is 24.3 Å². The number of nitrogens with one attached hydrogen (secondary N) is 1. The van der Waals surface area contributed by atoms with Gasteiger partial charge in [0.05, 0.1) is 6.42 Å². The Hall–Kier alpha value is -2.70. The van der Waals surface area contributed by atoms with Gasteiger partial charge >= 0.3 is 5.97 Å². The normalized spacial score (nSPS) is 14.3. The lowest BCUT2D eigenvalue weighted by Gasteiger charge is -2.21. The number of aliphatic carboxylic acids is 1. The average Bonchev–Trinajstić information content (AvgIpc) is 2.82. The molecule has 0 saturated carbocycles. The molecule has 7 nitrogen and oxygen atoms in total. The van der Waals surface area contributed by atoms with Gasteiger partial charge in [0.1, 0.15) is 5.82 Å². The molecule has 2 heterocycles. The van der Waals surface area contributed by atoms with E-state index in [1.54, 1.807) is 13.8 Å². The molecule has 144 valence electrons. The standard InChI is InChI=1S/C20H26N4O3/c1-20(2,13-18(26)27)12-17(25)21-15-8-6-7-14(11-15)19-23-22-16-9-4-3-5-10-24(16)19/h6-8,11H,3-5,9-10,12-13H2,1-2H3,(H,21,25)(H,26,27). The predicted octanol–water partition coefficient (Wildman–Crippen LogP) is 3.50. The summed E-state index contributed by atoms with van der Waals surface area (Å²) in [5, 5.41) is 20.5. The number of nitrogens with zero attached hydrogens (tertiary/aromatic N) is 3. The largest absolute Gasteiger partial charge is 0.481 e. The van der Waals surface area contributed by atoms with Crippen molar-refractivity contribution in [3.63, 3.8) is 0 Å². The van der Waals surface area contributed by atoms with Gasteiger partial charge < -0.3 is 15.0 Å². The Morgan fingerprint density at radius 1 is 1.19 bits per heavy atom. The fraction of sp³-hybridized carbons (Fsp3) is 0.500. The second kappa shape index (κ2) is 7.90. The second-order valence-electron chi connectivity index (χ2n) is 7.94. The molecule has 0 aliphatic carbocycles. The van der Waals surface area contributed by atoms with E-state index in [4.69, 9.17) is 5.11 Å². The number of hydrogen-bond acceptors (Lipinski definition) is 4. The highest BCUT2D eigenvalue weighted by atomic mass is 16.4. The van der Waals surface area contributed by atoms with Crippen LogP contribution in [0.5, 0.6) is 0 Å². The molecule has 1 aliphatic heterocycles. The molecule has 0 fully saturated rings. The minimum atomic E-state index is -0.901. The van der Waals surface area contributed by atoms with E-state index < -0.39 is 11.4 Å². The van der Waals surface area contributed by atoms with Gasteiger partial charge in [-0.15, -0.1) is 10.2 Å². The van der Waals surface area contributed by atoms with Gasteiger partial charge in [-0.25, -0.2) is 0 Å². The van der Waals surface area contributed by atoms with E-state index >= 15 is 0 Å². The maximum atomic E-state index is 12.3. The zero-order valence-corrected chi connectivity index (χ0v) is 15.9. The van der Waals surface area contributed by atoms with Crippen LogP contribution in [0.1, 0.15) is 51.8 Å². The van der Waals surface area contributed by atoms with E-state index in [2.05, 4.69) is 20.1 Å². The number of anilines is 1. The fourth-order valence-electron chi connectivity index (χ4n) is 3.55. The molecular formula is C20H26N4O3. The number of carbonyl (C=O) groups excluding carboxylic acids is 1. The van der Waals surface area contributed by atoms with Crippen molar-refractivity contribution in [2.75, 3.05) is 5.32 Å². The van der Waals surface area contributed by atoms with Crippen molar-refractivity contribution in [2.45, 2.75) is 58.9 Å². The number of aryl methyl sites for hydroxylation is 1. The van der Waals surface area contributed by atoms with Gasteiger partial charge in [0.15, 0.2) is 5.82 Å². The lowest BCUT2D eigenvalue weighted by molar-refractivity contribution is -0.139. The van der Waals surface area contributed by atoms with Crippen molar-refractivity contribution in [2.24, 2.45) is 5.41 Å². The van der Waals surface area contributed by atoms with Crippen molar-refractivity contribution in [1.29, 1.82) is 0 Å². The summed E-state index contributed by atoms with van der Waals surface area (Å²) in [7, 11) is 0. The summed E-state index contributed by atoms with van der Waals surface area (Å²) >= 11 is 0. The first-order chi connectivity index (χ1) is 12.8. The molecule has 0 radical (unpaired) electrons. The molecule has 1 amide bonds. The highest BCUT2D eigenvalue weighted by Crippen LogP contribution is 2.27. The number of rotatable bonds is 6. The van der Waals surface area contributed by atoms with Gasteiger partial charge in [-0.2, -0.15) is 0 Å². The Morgan fingerprint density at radius 3 is 2.78 bits per heavy atom. The molecule has 1 aromatic heterocycles. The zero-order chi connectivity index (χ0) is 19.4. The van der Waals surface area contributed by atoms with E-state index in [9.17, 15) is 9.59 Å². The summed E-state index contributed by atoms with van der Waals surface area (Å²) in [4.78, 5) is 23.3. The molecule has 3 rings (SSSR count). The summed E-state index contributed by atoms with van der Waals surface area (Å²) in [6, 6.07) is 7.56. The number of carboxylic acid groups (broad SMARTS) is 1. The Morgan fingerprint density at radius 2 is 2.00 bits per heavy atom. The molecule has 0 bridgehead atoms. The molecule has 7 heteroatoms. The van der Waals surface area contributed by atoms with Crippen LogP contribution in [-0.2, 0) is 22.6 Å². The lowest BCUT2D eigenvalue weighted by Crippen LogP contribution is -2.24. The first kappa shape index (κ1) is 19.1. The van der Waals surface area contributed by atoms with Gasteiger partial charge in [-0.1, -0.05) is 32.4 Å². The lowest BCUT2D eigenvalue weighted by atomic mass is 9.85. The first-order valence-corrected chi connectivity index (χ1v) is 9.38. The predicted molar refractivity (Wildman–Crippen MR) is 102 cm³/mol. The number of hydrogen-bond donors (Lipinski definition) is 2. The molecule has 0 atom stereocenters. The van der Waals surface area contributed by atoms with Crippen LogP contribution in [0.4, 0.5) is 5.69 Å². The Balaban J connectivity index is 1.74. The molecule has 0 unspecified atom stereocenters. The number of fused-ring (bicyclic) bond motifs is 1. The summed E-state index contributed by atoms with van der Waals surface area (Å²) < 4.78 is 2.17. The van der Waals surface area contributed by atoms with Crippen molar-refractivity contribution in [1.82, 2.24) is 14.8 Å². The average molecular weight is 370 g/mol. The highest BCUT2D eigenvalue weighted by Gasteiger charge is 2.25. The third kappa shape index (κ3) is 4.93. The SMILES string of the molecule is CC(C)(CC(=O)O)CC(=O)Nc1cccc(-c2nnc3n2CCCCC3)c1. The molecule has 1 aliphatic rings. The number of amides is 1. The smallest absolute Gasteiger partial charge is 0.303 e. The monoisotopic (exact) mass is 370 g/mol. The van der Waals surface area contributed by atoms with Crippen LogP contribution in [0.3, 0.4) is 0 Å². The summed E-state index contributed by atoms with van der Waals surface area (Å²) in [6.07, 6.45) is 4.50. The van der Waals surface area contributed by atoms with Crippen molar-refractivity contribution >= 4 is 17.6 Å². The molecule has 27 heavy (non-hydrogen) atoms. The van der Waals surface area contributed by atoms with E-state index in [1.165, 1.54) is 6.42 Å². The van der Waals surface area contributed by atoms with Crippen molar-refractivity contribution in [3.8, 4) is 11.4 Å². The Kier molecular flexibility index (Phi) is 5.58. The molecule has 2 aromatic rings. The number of carboxylic acids is 1. The maximum Gasteiger partial charge on any atom is 0.303 e. The van der Waals surface area contributed by atoms with Crippen LogP contribution < -0.4 is 5.32 Å². The van der Waals surface area contributed by atoms with Crippen LogP contribution in [0.15, 0.2) is 24.3 Å². The summed E-state index contributed by atoms with van der Waals surface area (Å²) in [6.45, 7) is 4.48. The molecule has 0 spiro atoms. The fourth-order valence-corrected chi connectivity index (χ4v) is 3.55. The maximum absolute atomic E-state index is 12.3. The van der Waals surface area contributed by atoms with Crippen LogP contribution in [-0.4, -0.2) is 31.7 Å². The minimum absolute atomic E-state index is 0.0493. The zero-order valence-electron chi connectivity index (χ0n) is 15.9. The number of aromatic nitrogens is 3. The van der Waals surface area contributed by atoms with Crippen LogP contribution in [0.2, 0.25) is 0 Å². The third-order valence-corrected chi connectivity index (χ3v) is 4.78. The minimum Gasteiger partial charge on any atom is -0.481 e. The van der Waals surface area contributed by atoms with Gasteiger partial charge in [0.25, 0.3) is 0 Å². The van der Waals surface area contributed by atoms with Crippen LogP contribution >= 0.6 is 0 Å². The van der Waals surface area contributed by atoms with Gasteiger partial charge in [0, 0.05) is 30.6 Å².